The third-order valence-corrected chi connectivity index (χ3v) is 2.79. The molecule has 2 aromatic heterocycles. The summed E-state index contributed by atoms with van der Waals surface area (Å²) in [7, 11) is -3.28. The van der Waals surface area contributed by atoms with Gasteiger partial charge in [-0.15, -0.1) is 0 Å². The molecule has 0 aromatic carbocycles. The van der Waals surface area contributed by atoms with Gasteiger partial charge < -0.3 is 4.98 Å². The quantitative estimate of drug-likeness (QED) is 0.819. The summed E-state index contributed by atoms with van der Waals surface area (Å²) in [5.41, 5.74) is 1.45. The number of aromatic amines is 1. The number of sulfone groups is 1. The van der Waals surface area contributed by atoms with Crippen molar-refractivity contribution in [3.63, 3.8) is 0 Å². The molecular formula is C9H9N3O2S. The number of imidazole rings is 1. The molecule has 0 aliphatic carbocycles. The summed E-state index contributed by atoms with van der Waals surface area (Å²) in [4.78, 5) is 10.5. The summed E-state index contributed by atoms with van der Waals surface area (Å²) < 4.78 is 22.3. The van der Waals surface area contributed by atoms with Gasteiger partial charge in [0.05, 0.1) is 11.9 Å². The van der Waals surface area contributed by atoms with Gasteiger partial charge in [-0.05, 0) is 12.1 Å². The molecule has 0 saturated carbocycles. The molecule has 0 amide bonds. The molecule has 0 atom stereocenters. The predicted molar refractivity (Wildman–Crippen MR) is 54.9 cm³/mol. The van der Waals surface area contributed by atoms with Crippen molar-refractivity contribution in [3.05, 3.63) is 30.7 Å². The van der Waals surface area contributed by atoms with E-state index in [-0.39, 0.29) is 5.16 Å². The van der Waals surface area contributed by atoms with Crippen molar-refractivity contribution in [3.8, 4) is 11.3 Å². The molecule has 78 valence electrons. The maximum Gasteiger partial charge on any atom is 0.225 e. The van der Waals surface area contributed by atoms with Crippen molar-refractivity contribution in [2.24, 2.45) is 0 Å². The number of hydrogen-bond acceptors (Lipinski definition) is 4. The minimum absolute atomic E-state index is 0.0265. The van der Waals surface area contributed by atoms with Gasteiger partial charge >= 0.3 is 0 Å². The first kappa shape index (κ1) is 9.85. The van der Waals surface area contributed by atoms with E-state index in [0.29, 0.717) is 5.69 Å². The molecule has 2 rings (SSSR count). The number of nitrogens with zero attached hydrogens (tertiary/aromatic N) is 2. The number of hydrogen-bond donors (Lipinski definition) is 1. The van der Waals surface area contributed by atoms with E-state index in [1.807, 2.05) is 6.07 Å². The Bertz CT molecular complexity index is 560. The van der Waals surface area contributed by atoms with Crippen LogP contribution in [0.4, 0.5) is 0 Å². The van der Waals surface area contributed by atoms with Gasteiger partial charge in [0.15, 0.2) is 0 Å². The predicted octanol–water partition coefficient (Wildman–Crippen LogP) is 0.875. The Labute approximate surface area is 87.1 Å². The number of aromatic nitrogens is 3. The monoisotopic (exact) mass is 223 g/mol. The fourth-order valence-electron chi connectivity index (χ4n) is 1.16. The number of nitrogens with one attached hydrogen (secondary N) is 1. The Kier molecular flexibility index (Phi) is 2.28. The lowest BCUT2D eigenvalue weighted by atomic mass is 10.2. The van der Waals surface area contributed by atoms with Crippen LogP contribution in [0.5, 0.6) is 0 Å². The highest BCUT2D eigenvalue weighted by molar-refractivity contribution is 7.90. The van der Waals surface area contributed by atoms with E-state index in [1.54, 1.807) is 18.5 Å². The van der Waals surface area contributed by atoms with Gasteiger partial charge in [-0.2, -0.15) is 0 Å². The van der Waals surface area contributed by atoms with Crippen LogP contribution in [-0.4, -0.2) is 29.6 Å². The van der Waals surface area contributed by atoms with Crippen LogP contribution in [0, 0.1) is 0 Å². The molecule has 15 heavy (non-hydrogen) atoms. The van der Waals surface area contributed by atoms with Crippen LogP contribution in [0.15, 0.2) is 35.9 Å². The molecule has 0 bridgehead atoms. The van der Waals surface area contributed by atoms with Gasteiger partial charge in [0, 0.05) is 24.2 Å². The van der Waals surface area contributed by atoms with Crippen LogP contribution in [0.25, 0.3) is 11.3 Å². The van der Waals surface area contributed by atoms with Crippen LogP contribution in [0.2, 0.25) is 0 Å². The van der Waals surface area contributed by atoms with Gasteiger partial charge in [0.2, 0.25) is 15.0 Å². The van der Waals surface area contributed by atoms with Gasteiger partial charge in [-0.3, -0.25) is 4.98 Å². The highest BCUT2D eigenvalue weighted by atomic mass is 32.2. The second kappa shape index (κ2) is 3.47. The Hall–Kier alpha value is -1.69. The van der Waals surface area contributed by atoms with Gasteiger partial charge in [0.1, 0.15) is 0 Å². The lowest BCUT2D eigenvalue weighted by Crippen LogP contribution is -1.99. The molecule has 0 radical (unpaired) electrons. The van der Waals surface area contributed by atoms with Crippen molar-refractivity contribution < 1.29 is 8.42 Å². The van der Waals surface area contributed by atoms with Crippen LogP contribution in [0.3, 0.4) is 0 Å². The van der Waals surface area contributed by atoms with Crippen molar-refractivity contribution in [1.82, 2.24) is 15.0 Å². The molecule has 2 heterocycles. The maximum absolute atomic E-state index is 11.2. The average molecular weight is 223 g/mol. The third-order valence-electron chi connectivity index (χ3n) is 1.88. The Balaban J connectivity index is 2.46. The fourth-order valence-corrected chi connectivity index (χ4v) is 1.70. The van der Waals surface area contributed by atoms with Gasteiger partial charge in [0.25, 0.3) is 0 Å². The van der Waals surface area contributed by atoms with E-state index in [2.05, 4.69) is 15.0 Å². The fraction of sp³-hybridized carbons (Fsp3) is 0.111. The van der Waals surface area contributed by atoms with E-state index < -0.39 is 9.84 Å². The second-order valence-corrected chi connectivity index (χ2v) is 5.05. The summed E-state index contributed by atoms with van der Waals surface area (Å²) in [5.74, 6) is 0. The van der Waals surface area contributed by atoms with Gasteiger partial charge in [-0.1, -0.05) is 0 Å². The van der Waals surface area contributed by atoms with E-state index in [0.717, 1.165) is 11.8 Å². The first-order valence-electron chi connectivity index (χ1n) is 4.23. The van der Waals surface area contributed by atoms with Crippen molar-refractivity contribution in [2.75, 3.05) is 6.26 Å². The van der Waals surface area contributed by atoms with E-state index in [4.69, 9.17) is 0 Å². The van der Waals surface area contributed by atoms with E-state index in [1.165, 1.54) is 6.20 Å². The van der Waals surface area contributed by atoms with Crippen LogP contribution < -0.4 is 0 Å². The largest absolute Gasteiger partial charge is 0.329 e. The number of H-pyrrole nitrogens is 1. The summed E-state index contributed by atoms with van der Waals surface area (Å²) in [6, 6.07) is 3.60. The van der Waals surface area contributed by atoms with Crippen molar-refractivity contribution in [1.29, 1.82) is 0 Å². The molecule has 0 aliphatic rings. The van der Waals surface area contributed by atoms with E-state index >= 15 is 0 Å². The molecule has 0 spiro atoms. The highest BCUT2D eigenvalue weighted by Crippen LogP contribution is 2.16. The zero-order valence-corrected chi connectivity index (χ0v) is 8.82. The van der Waals surface area contributed by atoms with E-state index in [9.17, 15) is 8.42 Å². The number of pyridine rings is 1. The average Bonchev–Trinajstić information content (AvgIpc) is 2.67. The smallest absolute Gasteiger partial charge is 0.225 e. The van der Waals surface area contributed by atoms with Gasteiger partial charge in [-0.25, -0.2) is 13.4 Å². The van der Waals surface area contributed by atoms with Crippen LogP contribution in [0.1, 0.15) is 0 Å². The second-order valence-electron chi connectivity index (χ2n) is 3.12. The SMILES string of the molecule is CS(=O)(=O)c1ncc(-c2cccnc2)[nH]1. The molecule has 5 nitrogen and oxygen atoms in total. The normalized spacial score (nSPS) is 11.5. The minimum atomic E-state index is -3.28. The highest BCUT2D eigenvalue weighted by Gasteiger charge is 2.12. The Morgan fingerprint density at radius 2 is 2.13 bits per heavy atom. The van der Waals surface area contributed by atoms with Crippen molar-refractivity contribution >= 4 is 9.84 Å². The summed E-state index contributed by atoms with van der Waals surface area (Å²) in [6.07, 6.45) is 5.88. The topological polar surface area (TPSA) is 75.7 Å². The summed E-state index contributed by atoms with van der Waals surface area (Å²) >= 11 is 0. The Morgan fingerprint density at radius 1 is 1.33 bits per heavy atom. The minimum Gasteiger partial charge on any atom is -0.329 e. The lowest BCUT2D eigenvalue weighted by molar-refractivity contribution is 0.595. The summed E-state index contributed by atoms with van der Waals surface area (Å²) in [5, 5.41) is -0.0265. The zero-order chi connectivity index (χ0) is 10.9. The standard InChI is InChI=1S/C9H9N3O2S/c1-15(13,14)9-11-6-8(12-9)7-3-2-4-10-5-7/h2-6H,1H3,(H,11,12). The number of rotatable bonds is 2. The molecule has 6 heteroatoms. The molecule has 1 N–H and O–H groups in total. The molecular weight excluding hydrogens is 214 g/mol. The molecule has 2 aromatic rings. The van der Waals surface area contributed by atoms with Crippen LogP contribution in [-0.2, 0) is 9.84 Å². The maximum atomic E-state index is 11.2. The van der Waals surface area contributed by atoms with Crippen molar-refractivity contribution in [2.45, 2.75) is 5.16 Å². The van der Waals surface area contributed by atoms with Crippen LogP contribution >= 0.6 is 0 Å². The zero-order valence-electron chi connectivity index (χ0n) is 8.01. The molecule has 0 saturated heterocycles. The lowest BCUT2D eigenvalue weighted by Gasteiger charge is -1.94. The summed E-state index contributed by atoms with van der Waals surface area (Å²) in [6.45, 7) is 0. The third kappa shape index (κ3) is 2.04. The Morgan fingerprint density at radius 3 is 2.67 bits per heavy atom. The molecule has 0 fully saturated rings. The molecule has 0 unspecified atom stereocenters. The molecule has 0 aliphatic heterocycles. The first-order valence-corrected chi connectivity index (χ1v) is 6.12. The first-order chi connectivity index (χ1) is 7.07.